The summed E-state index contributed by atoms with van der Waals surface area (Å²) in [6.07, 6.45) is 14.7. The molecule has 0 radical (unpaired) electrons. The molecule has 0 aromatic rings. The van der Waals surface area contributed by atoms with E-state index >= 15 is 0 Å². The SMILES string of the molecule is O=C1C(CCCC(=O)C2CCCC3CCCCC32)C(=O)C2CCCCC12. The van der Waals surface area contributed by atoms with Crippen molar-refractivity contribution in [1.29, 1.82) is 0 Å². The first kappa shape index (κ1) is 18.4. The molecular formula is C23H34O3. The molecule has 5 atom stereocenters. The molecule has 0 aromatic carbocycles. The second-order valence-corrected chi connectivity index (χ2v) is 9.46. The Morgan fingerprint density at radius 2 is 1.38 bits per heavy atom. The third-order valence-electron chi connectivity index (χ3n) is 8.09. The predicted molar refractivity (Wildman–Crippen MR) is 101 cm³/mol. The van der Waals surface area contributed by atoms with E-state index in [9.17, 15) is 14.4 Å². The van der Waals surface area contributed by atoms with E-state index in [-0.39, 0.29) is 35.2 Å². The van der Waals surface area contributed by atoms with Gasteiger partial charge in [-0.05, 0) is 50.4 Å². The van der Waals surface area contributed by atoms with E-state index in [0.717, 1.165) is 44.4 Å². The van der Waals surface area contributed by atoms with Crippen LogP contribution in [0.1, 0.15) is 89.9 Å². The fraction of sp³-hybridized carbons (Fsp3) is 0.870. The van der Waals surface area contributed by atoms with Gasteiger partial charge in [0.1, 0.15) is 17.3 Å². The van der Waals surface area contributed by atoms with Crippen molar-refractivity contribution in [2.75, 3.05) is 0 Å². The molecule has 0 amide bonds. The summed E-state index contributed by atoms with van der Waals surface area (Å²) in [5, 5.41) is 0. The summed E-state index contributed by atoms with van der Waals surface area (Å²) in [5.74, 6) is 2.16. The molecule has 0 saturated heterocycles. The molecule has 0 heterocycles. The Balaban J connectivity index is 1.29. The quantitative estimate of drug-likeness (QED) is 0.656. The van der Waals surface area contributed by atoms with E-state index in [1.54, 1.807) is 0 Å². The van der Waals surface area contributed by atoms with Crippen LogP contribution in [0.2, 0.25) is 0 Å². The van der Waals surface area contributed by atoms with Gasteiger partial charge in [0.05, 0.1) is 5.92 Å². The van der Waals surface area contributed by atoms with Crippen molar-refractivity contribution in [2.45, 2.75) is 89.9 Å². The summed E-state index contributed by atoms with van der Waals surface area (Å²) >= 11 is 0. The first-order chi connectivity index (χ1) is 12.7. The highest BCUT2D eigenvalue weighted by Crippen LogP contribution is 2.45. The highest BCUT2D eigenvalue weighted by atomic mass is 16.2. The van der Waals surface area contributed by atoms with E-state index < -0.39 is 0 Å². The van der Waals surface area contributed by atoms with Crippen LogP contribution in [0.25, 0.3) is 0 Å². The lowest BCUT2D eigenvalue weighted by atomic mass is 9.64. The van der Waals surface area contributed by atoms with Gasteiger partial charge in [-0.25, -0.2) is 0 Å². The third kappa shape index (κ3) is 3.43. The normalized spacial score (nSPS) is 40.2. The Labute approximate surface area is 157 Å². The van der Waals surface area contributed by atoms with Crippen molar-refractivity contribution in [3.63, 3.8) is 0 Å². The molecule has 4 saturated carbocycles. The van der Waals surface area contributed by atoms with Crippen LogP contribution in [-0.2, 0) is 14.4 Å². The van der Waals surface area contributed by atoms with Crippen molar-refractivity contribution in [3.8, 4) is 0 Å². The molecule has 4 fully saturated rings. The van der Waals surface area contributed by atoms with E-state index in [1.807, 2.05) is 0 Å². The zero-order valence-electron chi connectivity index (χ0n) is 16.1. The van der Waals surface area contributed by atoms with E-state index in [0.29, 0.717) is 24.5 Å². The largest absolute Gasteiger partial charge is 0.299 e. The van der Waals surface area contributed by atoms with Crippen molar-refractivity contribution in [1.82, 2.24) is 0 Å². The Morgan fingerprint density at radius 3 is 2.12 bits per heavy atom. The van der Waals surface area contributed by atoms with Gasteiger partial charge < -0.3 is 0 Å². The molecule has 0 aromatic heterocycles. The van der Waals surface area contributed by atoms with Gasteiger partial charge in [0.25, 0.3) is 0 Å². The Hall–Kier alpha value is -0.990. The monoisotopic (exact) mass is 358 g/mol. The number of carbonyl (C=O) groups excluding carboxylic acids is 3. The summed E-state index contributed by atoms with van der Waals surface area (Å²) in [5.41, 5.74) is 0. The van der Waals surface area contributed by atoms with E-state index in [2.05, 4.69) is 0 Å². The number of ketones is 3. The molecule has 0 N–H and O–H groups in total. The highest BCUT2D eigenvalue weighted by Gasteiger charge is 2.49. The molecule has 0 bridgehead atoms. The Morgan fingerprint density at radius 1 is 0.769 bits per heavy atom. The number of hydrogen-bond donors (Lipinski definition) is 0. The molecule has 4 aliphatic carbocycles. The van der Waals surface area contributed by atoms with Crippen molar-refractivity contribution < 1.29 is 14.4 Å². The number of Topliss-reactive ketones (excluding diaryl/α,β-unsaturated/α-hetero) is 3. The maximum absolute atomic E-state index is 12.9. The zero-order valence-corrected chi connectivity index (χ0v) is 16.1. The van der Waals surface area contributed by atoms with Gasteiger partial charge in [0, 0.05) is 24.2 Å². The van der Waals surface area contributed by atoms with Crippen LogP contribution in [0.4, 0.5) is 0 Å². The molecule has 4 rings (SSSR count). The number of hydrogen-bond acceptors (Lipinski definition) is 3. The van der Waals surface area contributed by atoms with Gasteiger partial charge in [0.15, 0.2) is 0 Å². The van der Waals surface area contributed by atoms with Crippen LogP contribution in [0.5, 0.6) is 0 Å². The van der Waals surface area contributed by atoms with Crippen LogP contribution in [-0.4, -0.2) is 17.3 Å². The lowest BCUT2D eigenvalue weighted by Crippen LogP contribution is -2.35. The smallest absolute Gasteiger partial charge is 0.147 e. The summed E-state index contributed by atoms with van der Waals surface area (Å²) in [4.78, 5) is 38.1. The molecule has 5 unspecified atom stereocenters. The minimum absolute atomic E-state index is 0.0123. The first-order valence-electron chi connectivity index (χ1n) is 11.3. The molecule has 4 aliphatic rings. The van der Waals surface area contributed by atoms with Crippen molar-refractivity contribution in [3.05, 3.63) is 0 Å². The maximum Gasteiger partial charge on any atom is 0.147 e. The fourth-order valence-electron chi connectivity index (χ4n) is 6.76. The average molecular weight is 359 g/mol. The van der Waals surface area contributed by atoms with Gasteiger partial charge in [0.2, 0.25) is 0 Å². The summed E-state index contributed by atoms with van der Waals surface area (Å²) in [7, 11) is 0. The Bertz CT molecular complexity index is 540. The third-order valence-corrected chi connectivity index (χ3v) is 8.09. The molecule has 26 heavy (non-hydrogen) atoms. The minimum atomic E-state index is -0.385. The molecular weight excluding hydrogens is 324 g/mol. The van der Waals surface area contributed by atoms with Gasteiger partial charge in [-0.3, -0.25) is 14.4 Å². The molecule has 0 spiro atoms. The zero-order chi connectivity index (χ0) is 18.1. The molecule has 3 nitrogen and oxygen atoms in total. The van der Waals surface area contributed by atoms with Crippen LogP contribution in [0, 0.1) is 35.5 Å². The molecule has 3 heteroatoms. The highest BCUT2D eigenvalue weighted by molar-refractivity contribution is 6.11. The second-order valence-electron chi connectivity index (χ2n) is 9.46. The van der Waals surface area contributed by atoms with Gasteiger partial charge in [-0.15, -0.1) is 0 Å². The van der Waals surface area contributed by atoms with Crippen LogP contribution in [0.15, 0.2) is 0 Å². The van der Waals surface area contributed by atoms with Crippen LogP contribution < -0.4 is 0 Å². The standard InChI is InChI=1S/C23H34O3/c24-21(17-12-5-8-15-7-1-2-9-16(15)17)14-6-13-20-22(25)18-10-3-4-11-19(18)23(20)26/h15-20H,1-14H2. The van der Waals surface area contributed by atoms with Crippen molar-refractivity contribution >= 4 is 17.3 Å². The molecule has 144 valence electrons. The Kier molecular flexibility index (Phi) is 5.61. The molecule has 0 aliphatic heterocycles. The van der Waals surface area contributed by atoms with Gasteiger partial charge in [-0.2, -0.15) is 0 Å². The summed E-state index contributed by atoms with van der Waals surface area (Å²) in [6, 6.07) is 0. The van der Waals surface area contributed by atoms with Crippen molar-refractivity contribution in [2.24, 2.45) is 35.5 Å². The number of carbonyl (C=O) groups is 3. The number of fused-ring (bicyclic) bond motifs is 2. The van der Waals surface area contributed by atoms with Crippen LogP contribution in [0.3, 0.4) is 0 Å². The average Bonchev–Trinajstić information content (AvgIpc) is 2.92. The van der Waals surface area contributed by atoms with E-state index in [1.165, 1.54) is 38.5 Å². The minimum Gasteiger partial charge on any atom is -0.299 e. The maximum atomic E-state index is 12.9. The topological polar surface area (TPSA) is 51.2 Å². The van der Waals surface area contributed by atoms with Crippen LogP contribution >= 0.6 is 0 Å². The second kappa shape index (κ2) is 7.94. The fourth-order valence-corrected chi connectivity index (χ4v) is 6.76. The summed E-state index contributed by atoms with van der Waals surface area (Å²) in [6.45, 7) is 0. The number of rotatable bonds is 5. The lowest BCUT2D eigenvalue weighted by molar-refractivity contribution is -0.130. The summed E-state index contributed by atoms with van der Waals surface area (Å²) < 4.78 is 0. The van der Waals surface area contributed by atoms with Gasteiger partial charge in [-0.1, -0.05) is 44.9 Å². The first-order valence-corrected chi connectivity index (χ1v) is 11.3. The lowest BCUT2D eigenvalue weighted by Gasteiger charge is -2.40. The predicted octanol–water partition coefficient (Wildman–Crippen LogP) is 4.91. The van der Waals surface area contributed by atoms with Gasteiger partial charge >= 0.3 is 0 Å². The van der Waals surface area contributed by atoms with E-state index in [4.69, 9.17) is 0 Å².